The van der Waals surface area contributed by atoms with Gasteiger partial charge in [0, 0.05) is 22.1 Å². The number of halogens is 1. The van der Waals surface area contributed by atoms with Crippen molar-refractivity contribution < 1.29 is 13.9 Å². The van der Waals surface area contributed by atoms with Gasteiger partial charge < -0.3 is 4.74 Å². The Kier molecular flexibility index (Phi) is 4.78. The quantitative estimate of drug-likeness (QED) is 0.424. The zero-order chi connectivity index (χ0) is 15.4. The van der Waals surface area contributed by atoms with Crippen molar-refractivity contribution in [2.24, 2.45) is 5.92 Å². The van der Waals surface area contributed by atoms with Gasteiger partial charge in [0.2, 0.25) is 0 Å². The van der Waals surface area contributed by atoms with E-state index >= 15 is 0 Å². The second-order valence-corrected chi connectivity index (χ2v) is 6.46. The smallest absolute Gasteiger partial charge is 0.165 e. The number of rotatable bonds is 7. The lowest BCUT2D eigenvalue weighted by Crippen LogP contribution is -2.02. The summed E-state index contributed by atoms with van der Waals surface area (Å²) in [7, 11) is 0. The molecular weight excluding hydrogens is 299 g/mol. The second-order valence-electron chi connectivity index (χ2n) is 5.29. The van der Waals surface area contributed by atoms with E-state index in [2.05, 4.69) is 0 Å². The fraction of sp³-hybridized carbons (Fsp3) is 0.278. The van der Waals surface area contributed by atoms with Crippen LogP contribution in [0.1, 0.15) is 23.2 Å². The minimum atomic E-state index is -0.338. The first-order valence-corrected chi connectivity index (χ1v) is 8.37. The van der Waals surface area contributed by atoms with Crippen molar-refractivity contribution in [3.05, 3.63) is 59.9 Å². The highest BCUT2D eigenvalue weighted by Crippen LogP contribution is 2.33. The van der Waals surface area contributed by atoms with E-state index in [1.54, 1.807) is 30.0 Å². The van der Waals surface area contributed by atoms with Gasteiger partial charge in [-0.15, -0.1) is 11.8 Å². The summed E-state index contributed by atoms with van der Waals surface area (Å²) in [6.45, 7) is 0.439. The SMILES string of the molecule is O=C(c1ccc(SCCOc2ccccc2F)cc1)C1CC1. The molecule has 0 spiro atoms. The Morgan fingerprint density at radius 1 is 1.14 bits per heavy atom. The molecule has 0 N–H and O–H groups in total. The number of para-hydroxylation sites is 1. The van der Waals surface area contributed by atoms with E-state index in [-0.39, 0.29) is 23.3 Å². The van der Waals surface area contributed by atoms with Gasteiger partial charge in [-0.3, -0.25) is 4.79 Å². The van der Waals surface area contributed by atoms with Gasteiger partial charge in [0.15, 0.2) is 17.3 Å². The van der Waals surface area contributed by atoms with E-state index < -0.39 is 0 Å². The molecule has 3 rings (SSSR count). The maximum atomic E-state index is 13.4. The maximum Gasteiger partial charge on any atom is 0.165 e. The summed E-state index contributed by atoms with van der Waals surface area (Å²) in [5, 5.41) is 0. The molecule has 0 unspecified atom stereocenters. The molecule has 2 aromatic rings. The van der Waals surface area contributed by atoms with Crippen molar-refractivity contribution in [1.29, 1.82) is 0 Å². The first-order chi connectivity index (χ1) is 10.7. The predicted octanol–water partition coefficient (Wildman–Crippen LogP) is 4.59. The molecule has 2 aromatic carbocycles. The summed E-state index contributed by atoms with van der Waals surface area (Å²) in [5.74, 6) is 1.19. The van der Waals surface area contributed by atoms with Gasteiger partial charge >= 0.3 is 0 Å². The van der Waals surface area contributed by atoms with E-state index in [9.17, 15) is 9.18 Å². The molecule has 0 heterocycles. The fourth-order valence-electron chi connectivity index (χ4n) is 2.17. The average molecular weight is 316 g/mol. The monoisotopic (exact) mass is 316 g/mol. The van der Waals surface area contributed by atoms with Crippen molar-refractivity contribution >= 4 is 17.5 Å². The van der Waals surface area contributed by atoms with Gasteiger partial charge in [-0.05, 0) is 37.1 Å². The highest BCUT2D eigenvalue weighted by atomic mass is 32.2. The second kappa shape index (κ2) is 6.97. The van der Waals surface area contributed by atoms with Crippen LogP contribution in [0.4, 0.5) is 4.39 Å². The van der Waals surface area contributed by atoms with Gasteiger partial charge in [0.05, 0.1) is 6.61 Å². The van der Waals surface area contributed by atoms with E-state index in [0.717, 1.165) is 29.1 Å². The maximum absolute atomic E-state index is 13.4. The molecule has 2 nitrogen and oxygen atoms in total. The topological polar surface area (TPSA) is 26.3 Å². The summed E-state index contributed by atoms with van der Waals surface area (Å²) < 4.78 is 18.8. The van der Waals surface area contributed by atoms with E-state index in [1.165, 1.54) is 6.07 Å². The first kappa shape index (κ1) is 15.1. The van der Waals surface area contributed by atoms with Crippen LogP contribution in [0.25, 0.3) is 0 Å². The lowest BCUT2D eigenvalue weighted by Gasteiger charge is -2.07. The van der Waals surface area contributed by atoms with Crippen molar-refractivity contribution in [2.45, 2.75) is 17.7 Å². The van der Waals surface area contributed by atoms with Crippen molar-refractivity contribution in [3.8, 4) is 5.75 Å². The average Bonchev–Trinajstić information content (AvgIpc) is 3.38. The third kappa shape index (κ3) is 3.89. The van der Waals surface area contributed by atoms with Gasteiger partial charge in [-0.2, -0.15) is 0 Å². The Labute approximate surface area is 133 Å². The largest absolute Gasteiger partial charge is 0.490 e. The number of carbonyl (C=O) groups excluding carboxylic acids is 1. The van der Waals surface area contributed by atoms with Crippen LogP contribution in [0.5, 0.6) is 5.75 Å². The molecule has 0 aromatic heterocycles. The molecule has 0 saturated heterocycles. The zero-order valence-electron chi connectivity index (χ0n) is 12.1. The Balaban J connectivity index is 1.45. The lowest BCUT2D eigenvalue weighted by atomic mass is 10.1. The third-order valence-electron chi connectivity index (χ3n) is 3.53. The van der Waals surface area contributed by atoms with Crippen LogP contribution >= 0.6 is 11.8 Å². The van der Waals surface area contributed by atoms with Crippen LogP contribution in [-0.2, 0) is 0 Å². The number of hydrogen-bond donors (Lipinski definition) is 0. The van der Waals surface area contributed by atoms with Gasteiger partial charge in [0.1, 0.15) is 0 Å². The Morgan fingerprint density at radius 3 is 2.55 bits per heavy atom. The van der Waals surface area contributed by atoms with Crippen molar-refractivity contribution in [1.82, 2.24) is 0 Å². The number of Topliss-reactive ketones (excluding diaryl/α,β-unsaturated/α-hetero) is 1. The first-order valence-electron chi connectivity index (χ1n) is 7.38. The van der Waals surface area contributed by atoms with Crippen LogP contribution in [0, 0.1) is 11.7 Å². The molecule has 1 aliphatic carbocycles. The summed E-state index contributed by atoms with van der Waals surface area (Å²) in [5.41, 5.74) is 0.800. The summed E-state index contributed by atoms with van der Waals surface area (Å²) >= 11 is 1.63. The summed E-state index contributed by atoms with van der Waals surface area (Å²) in [6.07, 6.45) is 2.06. The van der Waals surface area contributed by atoms with Crippen molar-refractivity contribution in [3.63, 3.8) is 0 Å². The Hall–Kier alpha value is -1.81. The minimum absolute atomic E-state index is 0.257. The van der Waals surface area contributed by atoms with Crippen LogP contribution in [0.2, 0.25) is 0 Å². The number of benzene rings is 2. The third-order valence-corrected chi connectivity index (χ3v) is 4.51. The Bertz CT molecular complexity index is 650. The minimum Gasteiger partial charge on any atom is -0.490 e. The Morgan fingerprint density at radius 2 is 1.86 bits per heavy atom. The predicted molar refractivity (Wildman–Crippen MR) is 86.1 cm³/mol. The summed E-state index contributed by atoms with van der Waals surface area (Å²) in [6, 6.07) is 14.1. The van der Waals surface area contributed by atoms with Gasteiger partial charge in [-0.25, -0.2) is 4.39 Å². The van der Waals surface area contributed by atoms with E-state index in [4.69, 9.17) is 4.74 Å². The molecular formula is C18H17FO2S. The molecule has 114 valence electrons. The van der Waals surface area contributed by atoms with Crippen LogP contribution in [0.15, 0.2) is 53.4 Å². The lowest BCUT2D eigenvalue weighted by molar-refractivity contribution is 0.0967. The molecule has 0 aliphatic heterocycles. The number of ketones is 1. The van der Waals surface area contributed by atoms with Crippen LogP contribution in [0.3, 0.4) is 0 Å². The molecule has 1 aliphatic rings. The van der Waals surface area contributed by atoms with E-state index in [1.807, 2.05) is 24.3 Å². The summed E-state index contributed by atoms with van der Waals surface area (Å²) in [4.78, 5) is 13.0. The molecule has 1 saturated carbocycles. The normalized spacial score (nSPS) is 13.9. The standard InChI is InChI=1S/C18H17FO2S/c19-16-3-1-2-4-17(16)21-11-12-22-15-9-7-14(8-10-15)18(20)13-5-6-13/h1-4,7-10,13H,5-6,11-12H2. The zero-order valence-corrected chi connectivity index (χ0v) is 12.9. The number of carbonyl (C=O) groups is 1. The van der Waals surface area contributed by atoms with Crippen molar-refractivity contribution in [2.75, 3.05) is 12.4 Å². The van der Waals surface area contributed by atoms with Crippen LogP contribution in [-0.4, -0.2) is 18.1 Å². The highest BCUT2D eigenvalue weighted by molar-refractivity contribution is 7.99. The van der Waals surface area contributed by atoms with Gasteiger partial charge in [-0.1, -0.05) is 24.3 Å². The fourth-order valence-corrected chi connectivity index (χ4v) is 2.90. The number of ether oxygens (including phenoxy) is 1. The van der Waals surface area contributed by atoms with E-state index in [0.29, 0.717) is 6.61 Å². The molecule has 22 heavy (non-hydrogen) atoms. The highest BCUT2D eigenvalue weighted by Gasteiger charge is 2.30. The molecule has 4 heteroatoms. The van der Waals surface area contributed by atoms with Gasteiger partial charge in [0.25, 0.3) is 0 Å². The molecule has 0 atom stereocenters. The molecule has 0 bridgehead atoms. The number of thioether (sulfide) groups is 1. The molecule has 0 amide bonds. The van der Waals surface area contributed by atoms with Crippen LogP contribution < -0.4 is 4.74 Å². The molecule has 1 fully saturated rings. The molecule has 0 radical (unpaired) electrons. The number of hydrogen-bond acceptors (Lipinski definition) is 3.